The Balaban J connectivity index is 2.70. The molecule has 0 amide bonds. The summed E-state index contributed by atoms with van der Waals surface area (Å²) in [5.41, 5.74) is 0.772. The van der Waals surface area contributed by atoms with Crippen LogP contribution in [-0.4, -0.2) is 14.2 Å². The van der Waals surface area contributed by atoms with Gasteiger partial charge in [-0.1, -0.05) is 0 Å². The van der Waals surface area contributed by atoms with Crippen molar-refractivity contribution in [1.29, 1.82) is 0 Å². The molecular weight excluding hydrogens is 148 g/mol. The Hall–Kier alpha value is -1.03. The van der Waals surface area contributed by atoms with E-state index < -0.39 is 10.8 Å². The van der Waals surface area contributed by atoms with Crippen molar-refractivity contribution in [2.75, 3.05) is 0 Å². The Morgan fingerprint density at radius 2 is 2.40 bits per heavy atom. The molecule has 0 aliphatic carbocycles. The molecule has 1 aliphatic heterocycles. The summed E-state index contributed by atoms with van der Waals surface area (Å²) in [6, 6.07) is 0. The number of hydrogen-bond donors (Lipinski definition) is 0. The summed E-state index contributed by atoms with van der Waals surface area (Å²) < 4.78 is 11.0. The van der Waals surface area contributed by atoms with Crippen LogP contribution in [-0.2, 0) is 10.8 Å². The van der Waals surface area contributed by atoms with E-state index in [0.717, 1.165) is 5.69 Å². The molecule has 0 spiro atoms. The predicted molar refractivity (Wildman–Crippen MR) is 37.5 cm³/mol. The molecule has 0 saturated carbocycles. The second-order valence-corrected chi connectivity index (χ2v) is 3.18. The molecule has 0 N–H and O–H groups in total. The monoisotopic (exact) mass is 152 g/mol. The van der Waals surface area contributed by atoms with Crippen LogP contribution in [0, 0.1) is 0 Å². The zero-order chi connectivity index (χ0) is 6.97. The molecule has 0 radical (unpaired) electrons. The summed E-state index contributed by atoms with van der Waals surface area (Å²) >= 11 is 0. The van der Waals surface area contributed by atoms with Crippen molar-refractivity contribution >= 4 is 16.9 Å². The van der Waals surface area contributed by atoms with Crippen molar-refractivity contribution in [3.63, 3.8) is 0 Å². The topological polar surface area (TPSA) is 42.9 Å². The molecule has 1 aliphatic rings. The van der Waals surface area contributed by atoms with Crippen molar-refractivity contribution in [2.45, 2.75) is 4.90 Å². The summed E-state index contributed by atoms with van der Waals surface area (Å²) in [5.74, 6) is 0. The molecule has 2 rings (SSSR count). The van der Waals surface area contributed by atoms with Crippen LogP contribution in [0.5, 0.6) is 0 Å². The molecule has 1 aromatic rings. The van der Waals surface area contributed by atoms with Crippen molar-refractivity contribution in [1.82, 2.24) is 9.97 Å². The molecule has 4 heteroatoms. The maximum Gasteiger partial charge on any atom is 0.116 e. The van der Waals surface area contributed by atoms with Crippen molar-refractivity contribution in [3.05, 3.63) is 23.6 Å². The predicted octanol–water partition coefficient (Wildman–Crippen LogP) is 0.569. The van der Waals surface area contributed by atoms with Crippen LogP contribution in [0.3, 0.4) is 0 Å². The van der Waals surface area contributed by atoms with Crippen LogP contribution >= 0.6 is 0 Å². The van der Waals surface area contributed by atoms with Crippen molar-refractivity contribution in [3.8, 4) is 0 Å². The quantitative estimate of drug-likeness (QED) is 0.545. The number of fused-ring (bicyclic) bond motifs is 1. The maximum absolute atomic E-state index is 11.0. The average molecular weight is 152 g/mol. The van der Waals surface area contributed by atoms with E-state index >= 15 is 0 Å². The number of nitrogens with zero attached hydrogens (tertiary/aromatic N) is 2. The molecule has 3 nitrogen and oxygen atoms in total. The van der Waals surface area contributed by atoms with Gasteiger partial charge in [0, 0.05) is 11.6 Å². The van der Waals surface area contributed by atoms with E-state index in [1.807, 2.05) is 0 Å². The van der Waals surface area contributed by atoms with Gasteiger partial charge in [-0.2, -0.15) is 0 Å². The van der Waals surface area contributed by atoms with Gasteiger partial charge in [0.2, 0.25) is 0 Å². The molecule has 0 saturated heterocycles. The van der Waals surface area contributed by atoms with Gasteiger partial charge in [0.15, 0.2) is 0 Å². The first kappa shape index (κ1) is 5.73. The number of rotatable bonds is 0. The largest absolute Gasteiger partial charge is 0.250 e. The van der Waals surface area contributed by atoms with Crippen LogP contribution in [0.15, 0.2) is 22.8 Å². The minimum Gasteiger partial charge on any atom is -0.250 e. The Morgan fingerprint density at radius 1 is 1.50 bits per heavy atom. The molecule has 2 heterocycles. The third-order valence-electron chi connectivity index (χ3n) is 1.27. The first-order valence-corrected chi connectivity index (χ1v) is 3.98. The second-order valence-electron chi connectivity index (χ2n) is 1.87. The standard InChI is InChI=1S/C6H4N2OS/c9-10-2-1-5-6(10)3-7-4-8-5/h1-4H. The summed E-state index contributed by atoms with van der Waals surface area (Å²) in [5, 5.41) is 1.61. The summed E-state index contributed by atoms with van der Waals surface area (Å²) in [4.78, 5) is 8.39. The van der Waals surface area contributed by atoms with E-state index in [0.29, 0.717) is 4.90 Å². The number of hydrogen-bond acceptors (Lipinski definition) is 3. The lowest BCUT2D eigenvalue weighted by atomic mass is 10.4. The first-order chi connectivity index (χ1) is 4.88. The van der Waals surface area contributed by atoms with Crippen LogP contribution in [0.1, 0.15) is 5.69 Å². The Bertz CT molecular complexity index is 321. The maximum atomic E-state index is 11.0. The molecule has 10 heavy (non-hydrogen) atoms. The second kappa shape index (κ2) is 1.98. The fourth-order valence-corrected chi connectivity index (χ4v) is 1.70. The Labute approximate surface area is 60.3 Å². The van der Waals surface area contributed by atoms with E-state index in [4.69, 9.17) is 0 Å². The third-order valence-corrected chi connectivity index (χ3v) is 2.41. The summed E-state index contributed by atoms with van der Waals surface area (Å²) in [6.45, 7) is 0. The first-order valence-electron chi connectivity index (χ1n) is 2.77. The smallest absolute Gasteiger partial charge is 0.116 e. The minimum absolute atomic E-state index is 0.711. The van der Waals surface area contributed by atoms with E-state index in [2.05, 4.69) is 9.97 Å². The van der Waals surface area contributed by atoms with Crippen molar-refractivity contribution in [2.24, 2.45) is 0 Å². The number of aromatic nitrogens is 2. The highest BCUT2D eigenvalue weighted by atomic mass is 32.2. The van der Waals surface area contributed by atoms with Crippen LogP contribution in [0.4, 0.5) is 0 Å². The van der Waals surface area contributed by atoms with Gasteiger partial charge in [0.05, 0.1) is 21.4 Å². The van der Waals surface area contributed by atoms with Crippen LogP contribution < -0.4 is 0 Å². The zero-order valence-corrected chi connectivity index (χ0v) is 5.84. The van der Waals surface area contributed by atoms with E-state index in [1.54, 1.807) is 17.7 Å². The van der Waals surface area contributed by atoms with E-state index in [9.17, 15) is 4.21 Å². The molecular formula is C6H4N2OS. The lowest BCUT2D eigenvalue weighted by molar-refractivity contribution is 0.688. The summed E-state index contributed by atoms with van der Waals surface area (Å²) in [6.07, 6.45) is 4.78. The van der Waals surface area contributed by atoms with Gasteiger partial charge in [-0.3, -0.25) is 0 Å². The SMILES string of the molecule is O=S1C=Cc2ncncc21. The molecule has 0 bridgehead atoms. The molecule has 50 valence electrons. The zero-order valence-electron chi connectivity index (χ0n) is 5.02. The fraction of sp³-hybridized carbons (Fsp3) is 0. The lowest BCUT2D eigenvalue weighted by Crippen LogP contribution is -1.88. The highest BCUT2D eigenvalue weighted by Gasteiger charge is 2.11. The van der Waals surface area contributed by atoms with Crippen LogP contribution in [0.25, 0.3) is 6.08 Å². The van der Waals surface area contributed by atoms with Gasteiger partial charge in [0.1, 0.15) is 6.33 Å². The van der Waals surface area contributed by atoms with Crippen LogP contribution in [0.2, 0.25) is 0 Å². The average Bonchev–Trinajstić information content (AvgIpc) is 2.34. The molecule has 1 unspecified atom stereocenters. The van der Waals surface area contributed by atoms with E-state index in [1.165, 1.54) is 6.33 Å². The van der Waals surface area contributed by atoms with E-state index in [-0.39, 0.29) is 0 Å². The normalized spacial score (nSPS) is 21.0. The highest BCUT2D eigenvalue weighted by molar-refractivity contribution is 7.88. The van der Waals surface area contributed by atoms with Gasteiger partial charge in [-0.15, -0.1) is 0 Å². The Kier molecular flexibility index (Phi) is 1.14. The molecule has 0 aromatic carbocycles. The van der Waals surface area contributed by atoms with Gasteiger partial charge in [0.25, 0.3) is 0 Å². The lowest BCUT2D eigenvalue weighted by Gasteiger charge is -1.90. The van der Waals surface area contributed by atoms with Gasteiger partial charge >= 0.3 is 0 Å². The minimum atomic E-state index is -1.00. The van der Waals surface area contributed by atoms with Gasteiger partial charge < -0.3 is 0 Å². The molecule has 1 aromatic heterocycles. The fourth-order valence-electron chi connectivity index (χ4n) is 0.806. The Morgan fingerprint density at radius 3 is 3.20 bits per heavy atom. The van der Waals surface area contributed by atoms with Gasteiger partial charge in [-0.05, 0) is 6.08 Å². The molecule has 0 fully saturated rings. The van der Waals surface area contributed by atoms with Crippen molar-refractivity contribution < 1.29 is 4.21 Å². The van der Waals surface area contributed by atoms with Gasteiger partial charge in [-0.25, -0.2) is 14.2 Å². The highest BCUT2D eigenvalue weighted by Crippen LogP contribution is 2.18. The third kappa shape index (κ3) is 0.690. The summed E-state index contributed by atoms with van der Waals surface area (Å²) in [7, 11) is -1.00. The molecule has 1 atom stereocenters.